The summed E-state index contributed by atoms with van der Waals surface area (Å²) in [7, 11) is 0. The van der Waals surface area contributed by atoms with Crippen molar-refractivity contribution in [3.8, 4) is 0 Å². The average Bonchev–Trinajstić information content (AvgIpc) is 2.96. The molecule has 1 amide bonds. The first kappa shape index (κ1) is 16.9. The SMILES string of the molecule is CC(=O)Nc1cccc(CNc2ccc3nnc(C(C)(C)C)n3n2)c1. The van der Waals surface area contributed by atoms with Gasteiger partial charge in [0.2, 0.25) is 5.91 Å². The van der Waals surface area contributed by atoms with E-state index in [1.54, 1.807) is 4.52 Å². The molecule has 7 heteroatoms. The number of amides is 1. The van der Waals surface area contributed by atoms with E-state index in [0.29, 0.717) is 6.54 Å². The first-order valence-electron chi connectivity index (χ1n) is 8.16. The van der Waals surface area contributed by atoms with Crippen molar-refractivity contribution in [3.05, 3.63) is 47.8 Å². The predicted octanol–water partition coefficient (Wildman–Crippen LogP) is 2.99. The van der Waals surface area contributed by atoms with E-state index in [9.17, 15) is 4.79 Å². The van der Waals surface area contributed by atoms with Gasteiger partial charge in [-0.25, -0.2) is 0 Å². The number of anilines is 2. The van der Waals surface area contributed by atoms with E-state index in [0.717, 1.165) is 28.5 Å². The molecule has 0 aliphatic rings. The Morgan fingerprint density at radius 2 is 1.96 bits per heavy atom. The lowest BCUT2D eigenvalue weighted by molar-refractivity contribution is -0.114. The van der Waals surface area contributed by atoms with Gasteiger partial charge in [0.25, 0.3) is 0 Å². The van der Waals surface area contributed by atoms with Crippen LogP contribution in [0, 0.1) is 0 Å². The second-order valence-electron chi connectivity index (χ2n) is 7.00. The second-order valence-corrected chi connectivity index (χ2v) is 7.00. The minimum Gasteiger partial charge on any atom is -0.365 e. The summed E-state index contributed by atoms with van der Waals surface area (Å²) >= 11 is 0. The van der Waals surface area contributed by atoms with Crippen LogP contribution in [0.2, 0.25) is 0 Å². The van der Waals surface area contributed by atoms with Crippen LogP contribution in [0.4, 0.5) is 11.5 Å². The number of benzene rings is 1. The third-order valence-corrected chi connectivity index (χ3v) is 3.65. The summed E-state index contributed by atoms with van der Waals surface area (Å²) in [5.74, 6) is 1.47. The molecule has 2 N–H and O–H groups in total. The molecule has 0 unspecified atom stereocenters. The maximum Gasteiger partial charge on any atom is 0.221 e. The molecule has 0 aliphatic carbocycles. The first-order chi connectivity index (χ1) is 11.8. The van der Waals surface area contributed by atoms with Crippen molar-refractivity contribution >= 4 is 23.1 Å². The van der Waals surface area contributed by atoms with Crippen molar-refractivity contribution in [3.63, 3.8) is 0 Å². The van der Waals surface area contributed by atoms with Crippen LogP contribution in [0.15, 0.2) is 36.4 Å². The van der Waals surface area contributed by atoms with Gasteiger partial charge in [0.15, 0.2) is 11.5 Å². The smallest absolute Gasteiger partial charge is 0.221 e. The van der Waals surface area contributed by atoms with E-state index in [4.69, 9.17) is 0 Å². The van der Waals surface area contributed by atoms with Gasteiger partial charge in [-0.1, -0.05) is 32.9 Å². The number of carbonyl (C=O) groups is 1. The molecular formula is C18H22N6O. The molecule has 0 aliphatic heterocycles. The Morgan fingerprint density at radius 3 is 2.68 bits per heavy atom. The molecule has 130 valence electrons. The summed E-state index contributed by atoms with van der Waals surface area (Å²) in [5, 5.41) is 19.1. The van der Waals surface area contributed by atoms with Crippen molar-refractivity contribution in [2.24, 2.45) is 0 Å². The van der Waals surface area contributed by atoms with E-state index >= 15 is 0 Å². The normalized spacial score (nSPS) is 11.5. The third kappa shape index (κ3) is 3.93. The molecular weight excluding hydrogens is 316 g/mol. The average molecular weight is 338 g/mol. The summed E-state index contributed by atoms with van der Waals surface area (Å²) in [6.45, 7) is 8.34. The molecule has 0 atom stereocenters. The number of nitrogens with one attached hydrogen (secondary N) is 2. The summed E-state index contributed by atoms with van der Waals surface area (Å²) in [6, 6.07) is 11.5. The lowest BCUT2D eigenvalue weighted by Gasteiger charge is -2.15. The van der Waals surface area contributed by atoms with Gasteiger partial charge in [0, 0.05) is 24.6 Å². The van der Waals surface area contributed by atoms with Crippen molar-refractivity contribution < 1.29 is 4.79 Å². The summed E-state index contributed by atoms with van der Waals surface area (Å²) < 4.78 is 1.77. The Bertz CT molecular complexity index is 909. The van der Waals surface area contributed by atoms with E-state index in [2.05, 4.69) is 46.7 Å². The van der Waals surface area contributed by atoms with Crippen molar-refractivity contribution in [1.82, 2.24) is 19.8 Å². The van der Waals surface area contributed by atoms with Gasteiger partial charge in [0.05, 0.1) is 0 Å². The Labute approximate surface area is 146 Å². The highest BCUT2D eigenvalue weighted by molar-refractivity contribution is 5.88. The minimum absolute atomic E-state index is 0.0838. The Hall–Kier alpha value is -2.96. The number of hydrogen-bond acceptors (Lipinski definition) is 5. The molecule has 1 aromatic carbocycles. The van der Waals surface area contributed by atoms with Crippen LogP contribution in [0.25, 0.3) is 5.65 Å². The fourth-order valence-electron chi connectivity index (χ4n) is 2.51. The molecule has 0 saturated carbocycles. The molecule has 0 fully saturated rings. The van der Waals surface area contributed by atoms with Crippen LogP contribution in [0.5, 0.6) is 0 Å². The largest absolute Gasteiger partial charge is 0.365 e. The lowest BCUT2D eigenvalue weighted by Crippen LogP contribution is -2.17. The number of carbonyl (C=O) groups excluding carboxylic acids is 1. The van der Waals surface area contributed by atoms with E-state index in [1.807, 2.05) is 36.4 Å². The predicted molar refractivity (Wildman–Crippen MR) is 97.6 cm³/mol. The van der Waals surface area contributed by atoms with E-state index in [-0.39, 0.29) is 11.3 Å². The minimum atomic E-state index is -0.141. The Balaban J connectivity index is 1.78. The molecule has 3 aromatic rings. The number of hydrogen-bond donors (Lipinski definition) is 2. The standard InChI is InChI=1S/C18H22N6O/c1-12(25)20-14-7-5-6-13(10-14)11-19-15-8-9-16-21-22-17(18(2,3)4)24(16)23-15/h5-10H,11H2,1-4H3,(H,19,23)(H,20,25). The topological polar surface area (TPSA) is 84.2 Å². The Kier molecular flexibility index (Phi) is 4.39. The van der Waals surface area contributed by atoms with Crippen molar-refractivity contribution in [1.29, 1.82) is 0 Å². The Morgan fingerprint density at radius 1 is 1.16 bits per heavy atom. The number of rotatable bonds is 4. The van der Waals surface area contributed by atoms with E-state index < -0.39 is 0 Å². The molecule has 0 bridgehead atoms. The number of fused-ring (bicyclic) bond motifs is 1. The van der Waals surface area contributed by atoms with Gasteiger partial charge in [-0.15, -0.1) is 15.3 Å². The maximum atomic E-state index is 11.2. The zero-order chi connectivity index (χ0) is 18.0. The zero-order valence-corrected chi connectivity index (χ0v) is 14.9. The number of aromatic nitrogens is 4. The molecule has 25 heavy (non-hydrogen) atoms. The third-order valence-electron chi connectivity index (χ3n) is 3.65. The van der Waals surface area contributed by atoms with Gasteiger partial charge in [0.1, 0.15) is 5.82 Å². The van der Waals surface area contributed by atoms with Crippen LogP contribution in [-0.2, 0) is 16.8 Å². The van der Waals surface area contributed by atoms with Crippen LogP contribution >= 0.6 is 0 Å². The fourth-order valence-corrected chi connectivity index (χ4v) is 2.51. The summed E-state index contributed by atoms with van der Waals surface area (Å²) in [5.41, 5.74) is 2.41. The van der Waals surface area contributed by atoms with Crippen LogP contribution in [0.3, 0.4) is 0 Å². The molecule has 0 spiro atoms. The molecule has 7 nitrogen and oxygen atoms in total. The number of nitrogens with zero attached hydrogens (tertiary/aromatic N) is 4. The zero-order valence-electron chi connectivity index (χ0n) is 14.9. The van der Waals surface area contributed by atoms with Gasteiger partial charge >= 0.3 is 0 Å². The van der Waals surface area contributed by atoms with E-state index in [1.165, 1.54) is 6.92 Å². The summed E-state index contributed by atoms with van der Waals surface area (Å²) in [4.78, 5) is 11.2. The quantitative estimate of drug-likeness (QED) is 0.764. The van der Waals surface area contributed by atoms with Crippen molar-refractivity contribution in [2.45, 2.75) is 39.7 Å². The van der Waals surface area contributed by atoms with Crippen LogP contribution in [-0.4, -0.2) is 25.7 Å². The van der Waals surface area contributed by atoms with Crippen molar-refractivity contribution in [2.75, 3.05) is 10.6 Å². The maximum absolute atomic E-state index is 11.2. The highest BCUT2D eigenvalue weighted by atomic mass is 16.1. The molecule has 2 aromatic heterocycles. The highest BCUT2D eigenvalue weighted by Gasteiger charge is 2.21. The summed E-state index contributed by atoms with van der Waals surface area (Å²) in [6.07, 6.45) is 0. The second kappa shape index (κ2) is 6.51. The lowest BCUT2D eigenvalue weighted by atomic mass is 9.96. The molecule has 0 saturated heterocycles. The molecule has 2 heterocycles. The van der Waals surface area contributed by atoms with Crippen LogP contribution < -0.4 is 10.6 Å². The molecule has 3 rings (SSSR count). The molecule has 0 radical (unpaired) electrons. The van der Waals surface area contributed by atoms with Gasteiger partial charge in [-0.05, 0) is 29.8 Å². The van der Waals surface area contributed by atoms with Gasteiger partial charge in [-0.2, -0.15) is 4.52 Å². The van der Waals surface area contributed by atoms with Crippen LogP contribution in [0.1, 0.15) is 39.1 Å². The highest BCUT2D eigenvalue weighted by Crippen LogP contribution is 2.21. The fraction of sp³-hybridized carbons (Fsp3) is 0.333. The van der Waals surface area contributed by atoms with Gasteiger partial charge < -0.3 is 10.6 Å². The van der Waals surface area contributed by atoms with Gasteiger partial charge in [-0.3, -0.25) is 4.79 Å². The first-order valence-corrected chi connectivity index (χ1v) is 8.16. The monoisotopic (exact) mass is 338 g/mol.